The Labute approximate surface area is 177 Å². The van der Waals surface area contributed by atoms with Gasteiger partial charge < -0.3 is 14.8 Å². The molecule has 0 aromatic heterocycles. The minimum Gasteiger partial charge on any atom is -0.493 e. The summed E-state index contributed by atoms with van der Waals surface area (Å²) in [6, 6.07) is 18.0. The van der Waals surface area contributed by atoms with Crippen LogP contribution < -0.4 is 14.8 Å². The predicted molar refractivity (Wildman–Crippen MR) is 113 cm³/mol. The maximum Gasteiger partial charge on any atom is 0.162 e. The summed E-state index contributed by atoms with van der Waals surface area (Å²) in [5.74, 6) is 0.850. The number of rotatable bonds is 8. The molecule has 3 aromatic carbocycles. The highest BCUT2D eigenvalue weighted by atomic mass is 79.9. The lowest BCUT2D eigenvalue weighted by molar-refractivity contribution is 0.279. The van der Waals surface area contributed by atoms with Gasteiger partial charge in [0.2, 0.25) is 0 Å². The fourth-order valence-electron chi connectivity index (χ4n) is 2.73. The Morgan fingerprint density at radius 2 is 1.61 bits per heavy atom. The third kappa shape index (κ3) is 5.25. The van der Waals surface area contributed by atoms with E-state index in [0.717, 1.165) is 20.6 Å². The number of halogens is 3. The van der Waals surface area contributed by atoms with Crippen molar-refractivity contribution in [1.29, 1.82) is 0 Å². The molecule has 0 fully saturated rings. The van der Waals surface area contributed by atoms with E-state index in [2.05, 4.69) is 21.2 Å². The monoisotopic (exact) mass is 463 g/mol. The third-order valence-corrected chi connectivity index (χ3v) is 5.37. The first-order valence-corrected chi connectivity index (χ1v) is 9.92. The van der Waals surface area contributed by atoms with Crippen LogP contribution >= 0.6 is 27.5 Å². The van der Waals surface area contributed by atoms with Gasteiger partial charge in [0.25, 0.3) is 0 Å². The van der Waals surface area contributed by atoms with Gasteiger partial charge in [0.15, 0.2) is 11.5 Å². The summed E-state index contributed by atoms with van der Waals surface area (Å²) in [5, 5.41) is 4.11. The molecule has 3 nitrogen and oxygen atoms in total. The van der Waals surface area contributed by atoms with Crippen LogP contribution in [-0.2, 0) is 19.7 Å². The Morgan fingerprint density at radius 3 is 2.32 bits per heavy atom. The van der Waals surface area contributed by atoms with Crippen molar-refractivity contribution in [1.82, 2.24) is 5.32 Å². The minimum absolute atomic E-state index is 0.125. The molecule has 0 radical (unpaired) electrons. The van der Waals surface area contributed by atoms with Crippen molar-refractivity contribution in [2.45, 2.75) is 19.7 Å². The fourth-order valence-corrected chi connectivity index (χ4v) is 3.39. The summed E-state index contributed by atoms with van der Waals surface area (Å²) in [4.78, 5) is 0. The van der Waals surface area contributed by atoms with Gasteiger partial charge in [-0.3, -0.25) is 0 Å². The van der Waals surface area contributed by atoms with E-state index < -0.39 is 0 Å². The van der Waals surface area contributed by atoms with E-state index in [1.807, 2.05) is 36.4 Å². The number of nitrogens with one attached hydrogen (secondary N) is 1. The Hall–Kier alpha value is -2.08. The molecule has 28 heavy (non-hydrogen) atoms. The average molecular weight is 465 g/mol. The van der Waals surface area contributed by atoms with Crippen molar-refractivity contribution >= 4 is 27.5 Å². The molecule has 6 heteroatoms. The van der Waals surface area contributed by atoms with Crippen LogP contribution in [0.5, 0.6) is 11.5 Å². The van der Waals surface area contributed by atoms with Crippen molar-refractivity contribution in [3.05, 3.63) is 92.7 Å². The first kappa shape index (κ1) is 20.6. The maximum atomic E-state index is 13.8. The topological polar surface area (TPSA) is 30.5 Å². The molecule has 1 N–H and O–H groups in total. The summed E-state index contributed by atoms with van der Waals surface area (Å²) in [5.41, 5.74) is 2.55. The summed E-state index contributed by atoms with van der Waals surface area (Å²) < 4.78 is 25.9. The zero-order valence-electron chi connectivity index (χ0n) is 15.3. The predicted octanol–water partition coefficient (Wildman–Crippen LogP) is 6.12. The van der Waals surface area contributed by atoms with E-state index in [4.69, 9.17) is 21.1 Å². The largest absolute Gasteiger partial charge is 0.493 e. The Bertz CT molecular complexity index is 952. The summed E-state index contributed by atoms with van der Waals surface area (Å²) in [6.45, 7) is 1.40. The standard InChI is InChI=1S/C22H20BrClFNO2/c1-27-21-10-17(13-26-12-15-6-2-4-8-19(15)24)18(23)11-22(21)28-14-16-7-3-5-9-20(16)25/h2-11,26H,12-14H2,1H3. The van der Waals surface area contributed by atoms with Crippen LogP contribution in [0.15, 0.2) is 65.1 Å². The molecule has 0 aliphatic rings. The van der Waals surface area contributed by atoms with Crippen LogP contribution in [0.2, 0.25) is 5.02 Å². The third-order valence-electron chi connectivity index (χ3n) is 4.26. The van der Waals surface area contributed by atoms with Gasteiger partial charge in [0.1, 0.15) is 12.4 Å². The zero-order chi connectivity index (χ0) is 19.9. The van der Waals surface area contributed by atoms with Gasteiger partial charge in [-0.05, 0) is 35.4 Å². The summed E-state index contributed by atoms with van der Waals surface area (Å²) in [7, 11) is 1.58. The molecule has 0 heterocycles. The van der Waals surface area contributed by atoms with Gasteiger partial charge in [-0.25, -0.2) is 4.39 Å². The first-order valence-electron chi connectivity index (χ1n) is 8.75. The van der Waals surface area contributed by atoms with Crippen LogP contribution in [0.1, 0.15) is 16.7 Å². The fraction of sp³-hybridized carbons (Fsp3) is 0.182. The molecule has 0 spiro atoms. The number of methoxy groups -OCH3 is 1. The Balaban J connectivity index is 1.67. The second-order valence-corrected chi connectivity index (χ2v) is 7.43. The van der Waals surface area contributed by atoms with Crippen molar-refractivity contribution in [2.75, 3.05) is 7.11 Å². The van der Waals surface area contributed by atoms with Crippen LogP contribution in [0.4, 0.5) is 4.39 Å². The lowest BCUT2D eigenvalue weighted by atomic mass is 10.1. The second kappa shape index (κ2) is 9.92. The van der Waals surface area contributed by atoms with E-state index in [1.54, 1.807) is 25.3 Å². The molecule has 0 atom stereocenters. The smallest absolute Gasteiger partial charge is 0.162 e. The van der Waals surface area contributed by atoms with E-state index >= 15 is 0 Å². The van der Waals surface area contributed by atoms with Crippen molar-refractivity contribution in [3.8, 4) is 11.5 Å². The molecule has 3 aromatic rings. The molecule has 0 unspecified atom stereocenters. The van der Waals surface area contributed by atoms with Gasteiger partial charge >= 0.3 is 0 Å². The van der Waals surface area contributed by atoms with Gasteiger partial charge in [-0.2, -0.15) is 0 Å². The van der Waals surface area contributed by atoms with E-state index in [1.165, 1.54) is 6.07 Å². The molecule has 0 saturated carbocycles. The van der Waals surface area contributed by atoms with Crippen LogP contribution in [-0.4, -0.2) is 7.11 Å². The van der Waals surface area contributed by atoms with Gasteiger partial charge in [0.05, 0.1) is 7.11 Å². The second-order valence-electron chi connectivity index (χ2n) is 6.17. The molecule has 0 aliphatic heterocycles. The van der Waals surface area contributed by atoms with Gasteiger partial charge in [-0.1, -0.05) is 63.9 Å². The van der Waals surface area contributed by atoms with Crippen molar-refractivity contribution in [3.63, 3.8) is 0 Å². The lowest BCUT2D eigenvalue weighted by Crippen LogP contribution is -2.13. The molecule has 0 aliphatic carbocycles. The highest BCUT2D eigenvalue weighted by Gasteiger charge is 2.12. The number of hydrogen-bond donors (Lipinski definition) is 1. The summed E-state index contributed by atoms with van der Waals surface area (Å²) >= 11 is 9.77. The number of ether oxygens (including phenoxy) is 2. The Morgan fingerprint density at radius 1 is 0.929 bits per heavy atom. The molecule has 3 rings (SSSR count). The molecule has 0 amide bonds. The van der Waals surface area contributed by atoms with Gasteiger partial charge in [-0.15, -0.1) is 0 Å². The van der Waals surface area contributed by atoms with Crippen LogP contribution in [0.3, 0.4) is 0 Å². The molecular formula is C22H20BrClFNO2. The quantitative estimate of drug-likeness (QED) is 0.436. The van der Waals surface area contributed by atoms with Crippen molar-refractivity contribution in [2.24, 2.45) is 0 Å². The Kier molecular flexibility index (Phi) is 7.31. The first-order chi connectivity index (χ1) is 13.6. The number of hydrogen-bond acceptors (Lipinski definition) is 3. The van der Waals surface area contributed by atoms with Gasteiger partial charge in [0, 0.05) is 28.1 Å². The highest BCUT2D eigenvalue weighted by Crippen LogP contribution is 2.34. The molecule has 0 bridgehead atoms. The number of benzene rings is 3. The summed E-state index contributed by atoms with van der Waals surface area (Å²) in [6.07, 6.45) is 0. The molecule has 146 valence electrons. The lowest BCUT2D eigenvalue weighted by Gasteiger charge is -2.15. The van der Waals surface area contributed by atoms with Crippen molar-refractivity contribution < 1.29 is 13.9 Å². The zero-order valence-corrected chi connectivity index (χ0v) is 17.7. The highest BCUT2D eigenvalue weighted by molar-refractivity contribution is 9.10. The van der Waals surface area contributed by atoms with E-state index in [-0.39, 0.29) is 12.4 Å². The normalized spacial score (nSPS) is 10.7. The average Bonchev–Trinajstić information content (AvgIpc) is 2.70. The molecular weight excluding hydrogens is 445 g/mol. The minimum atomic E-state index is -0.291. The SMILES string of the molecule is COc1cc(CNCc2ccccc2Cl)c(Br)cc1OCc1ccccc1F. The maximum absolute atomic E-state index is 13.8. The van der Waals surface area contributed by atoms with Crippen LogP contribution in [0.25, 0.3) is 0 Å². The van der Waals surface area contributed by atoms with Crippen LogP contribution in [0, 0.1) is 5.82 Å². The van der Waals surface area contributed by atoms with E-state index in [0.29, 0.717) is 30.2 Å². The molecule has 0 saturated heterocycles. The van der Waals surface area contributed by atoms with E-state index in [9.17, 15) is 4.39 Å².